The quantitative estimate of drug-likeness (QED) is 0.0650. The van der Waals surface area contributed by atoms with Crippen LogP contribution in [0.4, 0.5) is 34.1 Å². The summed E-state index contributed by atoms with van der Waals surface area (Å²) < 4.78 is 108. The van der Waals surface area contributed by atoms with Gasteiger partial charge in [-0.25, -0.2) is 0 Å². The van der Waals surface area contributed by atoms with E-state index in [1.165, 1.54) is 31.4 Å². The van der Waals surface area contributed by atoms with Crippen LogP contribution < -0.4 is 10.1 Å². The van der Waals surface area contributed by atoms with Crippen molar-refractivity contribution in [1.82, 2.24) is 0 Å². The first-order valence-electron chi connectivity index (χ1n) is 15.1. The van der Waals surface area contributed by atoms with E-state index in [2.05, 4.69) is 25.8 Å². The molecular weight excluding hydrogens is 751 g/mol. The van der Waals surface area contributed by atoms with E-state index in [0.29, 0.717) is 11.3 Å². The third-order valence-corrected chi connectivity index (χ3v) is 10.6. The number of benzene rings is 6. The highest BCUT2D eigenvalue weighted by molar-refractivity contribution is 7.86. The summed E-state index contributed by atoms with van der Waals surface area (Å²) in [6, 6.07) is 23.5. The third kappa shape index (κ3) is 7.84. The molecular formula is C34H27N5O11S3. The normalized spacial score (nSPS) is 12.6. The van der Waals surface area contributed by atoms with Crippen molar-refractivity contribution in [3.8, 4) is 11.5 Å². The van der Waals surface area contributed by atoms with Crippen molar-refractivity contribution in [1.29, 1.82) is 0 Å². The number of nitrogens with one attached hydrogen (secondary N) is 1. The van der Waals surface area contributed by atoms with Crippen LogP contribution in [0.2, 0.25) is 0 Å². The van der Waals surface area contributed by atoms with Crippen LogP contribution in [0, 0.1) is 6.92 Å². The molecule has 0 aliphatic heterocycles. The van der Waals surface area contributed by atoms with Crippen LogP contribution in [0.25, 0.3) is 21.5 Å². The standard InChI is InChI=1S/C34H27N5O11S3/c1-19-13-28(38-39-33-32(53(47,48)49)15-20-14-22(11-12-24(20)34(33)40)35-21-7-4-3-5-8-21)29(50-2)18-27(19)37-36-23-16-26-25(31(17-23)52(44,45)46)9-6-10-30(26)51(41,42)43/h3-18,35,40H,1-2H3,(H,41,42,43)(H,44,45,46)(H,47,48,49)/b37-36?,39-38+. The Labute approximate surface area is 302 Å². The summed E-state index contributed by atoms with van der Waals surface area (Å²) in [4.78, 5) is -2.00. The molecule has 6 aromatic carbocycles. The molecule has 0 atom stereocenters. The second kappa shape index (κ2) is 14.0. The van der Waals surface area contributed by atoms with Crippen molar-refractivity contribution >= 4 is 86.0 Å². The van der Waals surface area contributed by atoms with Gasteiger partial charge in [-0.05, 0) is 78.5 Å². The van der Waals surface area contributed by atoms with Crippen LogP contribution in [-0.2, 0) is 30.4 Å². The lowest BCUT2D eigenvalue weighted by atomic mass is 10.1. The Kier molecular flexibility index (Phi) is 9.73. The summed E-state index contributed by atoms with van der Waals surface area (Å²) in [7, 11) is -13.3. The summed E-state index contributed by atoms with van der Waals surface area (Å²) in [5, 5.41) is 30.6. The van der Waals surface area contributed by atoms with Gasteiger partial charge in [0.25, 0.3) is 30.4 Å². The van der Waals surface area contributed by atoms with E-state index in [-0.39, 0.29) is 44.4 Å². The number of hydrogen-bond donors (Lipinski definition) is 5. The van der Waals surface area contributed by atoms with Crippen molar-refractivity contribution in [2.45, 2.75) is 21.6 Å². The number of ether oxygens (including phenoxy) is 1. The van der Waals surface area contributed by atoms with Gasteiger partial charge in [0.15, 0.2) is 5.75 Å². The van der Waals surface area contributed by atoms with Crippen LogP contribution in [0.3, 0.4) is 0 Å². The molecule has 0 aliphatic rings. The summed E-state index contributed by atoms with van der Waals surface area (Å²) in [6.07, 6.45) is 0. The topological polar surface area (TPSA) is 254 Å². The number of azo groups is 2. The number of methoxy groups -OCH3 is 1. The number of hydrogen-bond acceptors (Lipinski definition) is 13. The zero-order valence-corrected chi connectivity index (χ0v) is 29.8. The predicted molar refractivity (Wildman–Crippen MR) is 195 cm³/mol. The van der Waals surface area contributed by atoms with Gasteiger partial charge in [0.05, 0.1) is 18.5 Å². The predicted octanol–water partition coefficient (Wildman–Crippen LogP) is 8.33. The zero-order valence-electron chi connectivity index (χ0n) is 27.4. The van der Waals surface area contributed by atoms with Gasteiger partial charge in [-0.15, -0.1) is 10.2 Å². The van der Waals surface area contributed by atoms with Gasteiger partial charge in [-0.1, -0.05) is 30.3 Å². The Bertz CT molecular complexity index is 2850. The fourth-order valence-corrected chi connectivity index (χ4v) is 7.52. The Morgan fingerprint density at radius 2 is 1.26 bits per heavy atom. The third-order valence-electron chi connectivity index (χ3n) is 7.88. The maximum atomic E-state index is 12.5. The second-order valence-electron chi connectivity index (χ2n) is 11.4. The highest BCUT2D eigenvalue weighted by Gasteiger charge is 2.24. The first kappa shape index (κ1) is 36.9. The molecule has 0 fully saturated rings. The maximum Gasteiger partial charge on any atom is 0.296 e. The molecule has 5 N–H and O–H groups in total. The molecule has 16 nitrogen and oxygen atoms in total. The van der Waals surface area contributed by atoms with Crippen molar-refractivity contribution in [2.75, 3.05) is 12.4 Å². The van der Waals surface area contributed by atoms with Gasteiger partial charge < -0.3 is 15.2 Å². The number of anilines is 2. The largest absolute Gasteiger partial charge is 0.505 e. The lowest BCUT2D eigenvalue weighted by Gasteiger charge is -2.12. The van der Waals surface area contributed by atoms with Crippen molar-refractivity contribution in [3.63, 3.8) is 0 Å². The maximum absolute atomic E-state index is 12.5. The fourth-order valence-electron chi connectivity index (χ4n) is 5.44. The molecule has 6 rings (SSSR count). The summed E-state index contributed by atoms with van der Waals surface area (Å²) >= 11 is 0. The number of phenolic OH excluding ortho intramolecular Hbond substituents is 1. The SMILES string of the molecule is COc1cc(N=Nc2cc(S(=O)(=O)O)c3cccc(S(=O)(=O)O)c3c2)c(C)cc1/N=N/c1c(S(=O)(=O)O)cc2cc(Nc3ccccc3)ccc2c1O. The first-order chi connectivity index (χ1) is 24.9. The van der Waals surface area contributed by atoms with Crippen molar-refractivity contribution in [3.05, 3.63) is 103 Å². The van der Waals surface area contributed by atoms with E-state index in [0.717, 1.165) is 30.0 Å². The molecule has 272 valence electrons. The van der Waals surface area contributed by atoms with Crippen molar-refractivity contribution < 1.29 is 48.8 Å². The molecule has 0 bridgehead atoms. The van der Waals surface area contributed by atoms with E-state index >= 15 is 0 Å². The number of aromatic hydroxyl groups is 1. The Morgan fingerprint density at radius 3 is 1.92 bits per heavy atom. The van der Waals surface area contributed by atoms with Crippen LogP contribution in [0.15, 0.2) is 132 Å². The van der Waals surface area contributed by atoms with Crippen LogP contribution in [0.1, 0.15) is 5.56 Å². The van der Waals surface area contributed by atoms with E-state index in [9.17, 15) is 44.0 Å². The van der Waals surface area contributed by atoms with E-state index < -0.39 is 56.5 Å². The monoisotopic (exact) mass is 777 g/mol. The summed E-state index contributed by atoms with van der Waals surface area (Å²) in [6.45, 7) is 1.59. The van der Waals surface area contributed by atoms with Gasteiger partial charge in [0, 0.05) is 33.6 Å². The molecule has 0 aliphatic carbocycles. The number of fused-ring (bicyclic) bond motifs is 2. The van der Waals surface area contributed by atoms with Crippen LogP contribution in [-0.4, -0.2) is 51.1 Å². The number of aryl methyl sites for hydroxylation is 1. The van der Waals surface area contributed by atoms with Gasteiger partial charge in [-0.2, -0.15) is 35.5 Å². The highest BCUT2D eigenvalue weighted by Crippen LogP contribution is 2.44. The minimum atomic E-state index is -4.92. The molecule has 0 aromatic heterocycles. The van der Waals surface area contributed by atoms with E-state index in [4.69, 9.17) is 4.74 Å². The van der Waals surface area contributed by atoms with Gasteiger partial charge in [0.2, 0.25) is 0 Å². The van der Waals surface area contributed by atoms with Gasteiger partial charge in [-0.3, -0.25) is 13.7 Å². The zero-order chi connectivity index (χ0) is 38.3. The molecule has 0 saturated carbocycles. The molecule has 0 saturated heterocycles. The molecule has 0 spiro atoms. The van der Waals surface area contributed by atoms with E-state index in [1.54, 1.807) is 25.1 Å². The molecule has 0 heterocycles. The summed E-state index contributed by atoms with van der Waals surface area (Å²) in [5.41, 5.74) is 1.21. The minimum Gasteiger partial charge on any atom is -0.505 e. The molecule has 0 radical (unpaired) electrons. The number of rotatable bonds is 10. The van der Waals surface area contributed by atoms with Crippen LogP contribution >= 0.6 is 0 Å². The second-order valence-corrected chi connectivity index (χ2v) is 15.6. The molecule has 53 heavy (non-hydrogen) atoms. The molecule has 0 amide bonds. The van der Waals surface area contributed by atoms with E-state index in [1.807, 2.05) is 30.3 Å². The molecule has 6 aromatic rings. The van der Waals surface area contributed by atoms with Gasteiger partial charge in [0.1, 0.15) is 31.8 Å². The van der Waals surface area contributed by atoms with Crippen molar-refractivity contribution in [2.24, 2.45) is 20.5 Å². The Balaban J connectivity index is 1.38. The minimum absolute atomic E-state index is 0.0457. The lowest BCUT2D eigenvalue weighted by Crippen LogP contribution is -2.03. The van der Waals surface area contributed by atoms with Gasteiger partial charge >= 0.3 is 0 Å². The summed E-state index contributed by atoms with van der Waals surface area (Å²) in [5.74, 6) is -0.521. The first-order valence-corrected chi connectivity index (χ1v) is 19.4. The average Bonchev–Trinajstić information content (AvgIpc) is 3.09. The van der Waals surface area contributed by atoms with Crippen LogP contribution in [0.5, 0.6) is 11.5 Å². The Hall–Kier alpha value is -5.83. The fraction of sp³-hybridized carbons (Fsp3) is 0.0588. The Morgan fingerprint density at radius 1 is 0.585 bits per heavy atom. The smallest absolute Gasteiger partial charge is 0.296 e. The molecule has 0 unspecified atom stereocenters. The number of nitrogens with zero attached hydrogens (tertiary/aromatic N) is 4. The lowest BCUT2D eigenvalue weighted by molar-refractivity contribution is 0.416. The number of para-hydroxylation sites is 1. The number of phenols is 1. The highest BCUT2D eigenvalue weighted by atomic mass is 32.2. The average molecular weight is 778 g/mol. The molecule has 19 heteroatoms.